The highest BCUT2D eigenvalue weighted by Gasteiger charge is 2.19. The molecule has 3 N–H and O–H groups in total. The van der Waals surface area contributed by atoms with Gasteiger partial charge in [-0.3, -0.25) is 4.79 Å². The molecule has 0 bridgehead atoms. The van der Waals surface area contributed by atoms with Gasteiger partial charge in [-0.05, 0) is 31.4 Å². The first-order valence-electron chi connectivity index (χ1n) is 7.12. The average molecular weight is 311 g/mol. The van der Waals surface area contributed by atoms with Crippen molar-refractivity contribution < 1.29 is 13.2 Å². The van der Waals surface area contributed by atoms with Crippen molar-refractivity contribution in [3.63, 3.8) is 0 Å². The Morgan fingerprint density at radius 1 is 1.19 bits per heavy atom. The van der Waals surface area contributed by atoms with E-state index in [4.69, 9.17) is 5.73 Å². The molecule has 0 radical (unpaired) electrons. The SMILES string of the molecule is Nc1ccccc1S(=O)(=O)NCCC(=O)N1CCCCC1. The van der Waals surface area contributed by atoms with Crippen LogP contribution in [-0.4, -0.2) is 38.9 Å². The van der Waals surface area contributed by atoms with Gasteiger partial charge in [0.25, 0.3) is 0 Å². The van der Waals surface area contributed by atoms with Crippen LogP contribution in [0.5, 0.6) is 0 Å². The summed E-state index contributed by atoms with van der Waals surface area (Å²) in [5.74, 6) is -0.00145. The van der Waals surface area contributed by atoms with Gasteiger partial charge in [-0.15, -0.1) is 0 Å². The summed E-state index contributed by atoms with van der Waals surface area (Å²) in [6.45, 7) is 1.64. The second-order valence-electron chi connectivity index (χ2n) is 5.13. The zero-order valence-corrected chi connectivity index (χ0v) is 12.7. The molecule has 21 heavy (non-hydrogen) atoms. The molecule has 0 spiro atoms. The summed E-state index contributed by atoms with van der Waals surface area (Å²) in [5, 5.41) is 0. The Morgan fingerprint density at radius 2 is 1.86 bits per heavy atom. The van der Waals surface area contributed by atoms with E-state index in [0.29, 0.717) is 0 Å². The minimum absolute atomic E-state index is 0.00145. The van der Waals surface area contributed by atoms with Crippen LogP contribution in [0.4, 0.5) is 5.69 Å². The summed E-state index contributed by atoms with van der Waals surface area (Å²) in [7, 11) is -3.66. The van der Waals surface area contributed by atoms with Crippen molar-refractivity contribution in [3.8, 4) is 0 Å². The molecule has 1 aliphatic rings. The van der Waals surface area contributed by atoms with Crippen LogP contribution in [0.2, 0.25) is 0 Å². The van der Waals surface area contributed by atoms with Gasteiger partial charge in [0.05, 0.1) is 5.69 Å². The van der Waals surface area contributed by atoms with Crippen LogP contribution < -0.4 is 10.5 Å². The lowest BCUT2D eigenvalue weighted by atomic mass is 10.1. The Morgan fingerprint density at radius 3 is 2.52 bits per heavy atom. The van der Waals surface area contributed by atoms with E-state index < -0.39 is 10.0 Å². The number of benzene rings is 1. The molecular formula is C14H21N3O3S. The van der Waals surface area contributed by atoms with E-state index in [0.717, 1.165) is 32.4 Å². The van der Waals surface area contributed by atoms with Crippen molar-refractivity contribution in [2.75, 3.05) is 25.4 Å². The summed E-state index contributed by atoms with van der Waals surface area (Å²) >= 11 is 0. The molecule has 0 aromatic heterocycles. The number of nitrogen functional groups attached to an aromatic ring is 1. The van der Waals surface area contributed by atoms with E-state index in [-0.39, 0.29) is 29.5 Å². The van der Waals surface area contributed by atoms with E-state index in [9.17, 15) is 13.2 Å². The fourth-order valence-corrected chi connectivity index (χ4v) is 3.56. The summed E-state index contributed by atoms with van der Waals surface area (Å²) in [6, 6.07) is 6.27. The van der Waals surface area contributed by atoms with Gasteiger partial charge in [0.1, 0.15) is 4.90 Å². The predicted octanol–water partition coefficient (Wildman–Crippen LogP) is 0.950. The molecule has 1 aromatic rings. The quantitative estimate of drug-likeness (QED) is 0.792. The number of nitrogens with one attached hydrogen (secondary N) is 1. The number of hydrogen-bond acceptors (Lipinski definition) is 4. The minimum atomic E-state index is -3.66. The van der Waals surface area contributed by atoms with Crippen LogP contribution in [0.25, 0.3) is 0 Å². The van der Waals surface area contributed by atoms with E-state index in [2.05, 4.69) is 4.72 Å². The van der Waals surface area contributed by atoms with Crippen molar-refractivity contribution in [2.24, 2.45) is 0 Å². The predicted molar refractivity (Wildman–Crippen MR) is 81.1 cm³/mol. The molecule has 0 aliphatic carbocycles. The number of sulfonamides is 1. The Labute approximate surface area is 125 Å². The van der Waals surface area contributed by atoms with Crippen LogP contribution >= 0.6 is 0 Å². The highest BCUT2D eigenvalue weighted by atomic mass is 32.2. The first-order valence-corrected chi connectivity index (χ1v) is 8.61. The fraction of sp³-hybridized carbons (Fsp3) is 0.500. The molecule has 1 saturated heterocycles. The monoisotopic (exact) mass is 311 g/mol. The number of amides is 1. The van der Waals surface area contributed by atoms with E-state index >= 15 is 0 Å². The number of rotatable bonds is 5. The van der Waals surface area contributed by atoms with Crippen LogP contribution in [0.1, 0.15) is 25.7 Å². The van der Waals surface area contributed by atoms with E-state index in [1.165, 1.54) is 12.1 Å². The van der Waals surface area contributed by atoms with Gasteiger partial charge in [0.15, 0.2) is 0 Å². The molecule has 0 atom stereocenters. The molecule has 1 fully saturated rings. The molecule has 1 amide bonds. The summed E-state index contributed by atoms with van der Waals surface area (Å²) in [6.07, 6.45) is 3.38. The third-order valence-electron chi connectivity index (χ3n) is 3.55. The molecule has 0 saturated carbocycles. The van der Waals surface area contributed by atoms with Crippen molar-refractivity contribution in [2.45, 2.75) is 30.6 Å². The number of carbonyl (C=O) groups excluding carboxylic acids is 1. The van der Waals surface area contributed by atoms with Crippen molar-refractivity contribution in [1.82, 2.24) is 9.62 Å². The molecule has 1 heterocycles. The van der Waals surface area contributed by atoms with E-state index in [1.807, 2.05) is 0 Å². The van der Waals surface area contributed by atoms with Gasteiger partial charge in [0.2, 0.25) is 15.9 Å². The summed E-state index contributed by atoms with van der Waals surface area (Å²) in [5.41, 5.74) is 5.86. The third kappa shape index (κ3) is 4.18. The lowest BCUT2D eigenvalue weighted by Gasteiger charge is -2.26. The number of piperidine rings is 1. The molecule has 6 nitrogen and oxygen atoms in total. The molecule has 116 valence electrons. The molecule has 0 unspecified atom stereocenters. The van der Waals surface area contributed by atoms with Gasteiger partial charge in [0, 0.05) is 26.1 Å². The second-order valence-corrected chi connectivity index (χ2v) is 6.86. The van der Waals surface area contributed by atoms with E-state index in [1.54, 1.807) is 17.0 Å². The molecule has 1 aromatic carbocycles. The smallest absolute Gasteiger partial charge is 0.242 e. The highest BCUT2D eigenvalue weighted by molar-refractivity contribution is 7.89. The largest absolute Gasteiger partial charge is 0.398 e. The van der Waals surface area contributed by atoms with Crippen LogP contribution in [-0.2, 0) is 14.8 Å². The highest BCUT2D eigenvalue weighted by Crippen LogP contribution is 2.16. The molecular weight excluding hydrogens is 290 g/mol. The van der Waals surface area contributed by atoms with Gasteiger partial charge < -0.3 is 10.6 Å². The molecule has 1 aliphatic heterocycles. The Kier molecular flexibility index (Phi) is 5.19. The Balaban J connectivity index is 1.88. The number of nitrogens with zero attached hydrogens (tertiary/aromatic N) is 1. The van der Waals surface area contributed by atoms with Crippen LogP contribution in [0.3, 0.4) is 0 Å². The Bertz CT molecular complexity index is 595. The van der Waals surface area contributed by atoms with Gasteiger partial charge >= 0.3 is 0 Å². The number of likely N-dealkylation sites (tertiary alicyclic amines) is 1. The number of anilines is 1. The number of para-hydroxylation sites is 1. The standard InChI is InChI=1S/C14H21N3O3S/c15-12-6-2-3-7-13(12)21(19,20)16-9-8-14(18)17-10-4-1-5-11-17/h2-3,6-7,16H,1,4-5,8-11,15H2. The van der Waals surface area contributed by atoms with Crippen LogP contribution in [0.15, 0.2) is 29.2 Å². The first-order chi connectivity index (χ1) is 10.0. The number of carbonyl (C=O) groups is 1. The minimum Gasteiger partial charge on any atom is -0.398 e. The maximum atomic E-state index is 12.1. The lowest BCUT2D eigenvalue weighted by Crippen LogP contribution is -2.37. The third-order valence-corrected chi connectivity index (χ3v) is 5.08. The van der Waals surface area contributed by atoms with Crippen molar-refractivity contribution >= 4 is 21.6 Å². The first kappa shape index (κ1) is 15.8. The zero-order chi connectivity index (χ0) is 15.3. The molecule has 2 rings (SSSR count). The Hall–Kier alpha value is -1.60. The number of nitrogens with two attached hydrogens (primary N) is 1. The van der Waals surface area contributed by atoms with Gasteiger partial charge in [-0.25, -0.2) is 13.1 Å². The normalized spacial score (nSPS) is 15.9. The van der Waals surface area contributed by atoms with Gasteiger partial charge in [-0.2, -0.15) is 0 Å². The zero-order valence-electron chi connectivity index (χ0n) is 11.9. The van der Waals surface area contributed by atoms with Gasteiger partial charge in [-0.1, -0.05) is 12.1 Å². The summed E-state index contributed by atoms with van der Waals surface area (Å²) < 4.78 is 26.6. The molecule has 7 heteroatoms. The average Bonchev–Trinajstić information content (AvgIpc) is 2.48. The second kappa shape index (κ2) is 6.91. The van der Waals surface area contributed by atoms with Crippen LogP contribution in [0, 0.1) is 0 Å². The van der Waals surface area contributed by atoms with Crippen molar-refractivity contribution in [3.05, 3.63) is 24.3 Å². The summed E-state index contributed by atoms with van der Waals surface area (Å²) in [4.78, 5) is 13.8. The maximum absolute atomic E-state index is 12.1. The fourth-order valence-electron chi connectivity index (χ4n) is 2.40. The maximum Gasteiger partial charge on any atom is 0.242 e. The topological polar surface area (TPSA) is 92.5 Å². The number of hydrogen-bond donors (Lipinski definition) is 2. The van der Waals surface area contributed by atoms with Crippen molar-refractivity contribution in [1.29, 1.82) is 0 Å². The lowest BCUT2D eigenvalue weighted by molar-refractivity contribution is -0.131.